The van der Waals surface area contributed by atoms with E-state index < -0.39 is 29.2 Å². The summed E-state index contributed by atoms with van der Waals surface area (Å²) in [5.41, 5.74) is 1.07. The Kier molecular flexibility index (Phi) is 5.09. The Morgan fingerprint density at radius 1 is 1.25 bits per heavy atom. The Bertz CT molecular complexity index is 1540. The standard InChI is InChI=1S/C25H20F2N4O4S/c1-30-19-5-2-13(25(34)6-7-25)8-21(19)35-11-18(23(30)33)28-22(32)17-10-31-20(12-36-24(31)29-17)15-4-3-14(26)9-16(15)27/h2-5,8-10,12,18,34H,6-7,11H2,1H3,(H,28,32)/t18-/m0/s1. The van der Waals surface area contributed by atoms with Gasteiger partial charge in [-0.15, -0.1) is 11.3 Å². The number of hydrogen-bond acceptors (Lipinski definition) is 6. The number of nitrogens with one attached hydrogen (secondary N) is 1. The molecule has 36 heavy (non-hydrogen) atoms. The van der Waals surface area contributed by atoms with E-state index in [9.17, 15) is 23.5 Å². The van der Waals surface area contributed by atoms with E-state index >= 15 is 0 Å². The number of hydrogen-bond donors (Lipinski definition) is 2. The summed E-state index contributed by atoms with van der Waals surface area (Å²) in [5.74, 6) is -1.92. The highest BCUT2D eigenvalue weighted by molar-refractivity contribution is 7.15. The first-order valence-corrected chi connectivity index (χ1v) is 12.1. The zero-order valence-corrected chi connectivity index (χ0v) is 19.8. The van der Waals surface area contributed by atoms with Gasteiger partial charge in [-0.05, 0) is 42.7 Å². The lowest BCUT2D eigenvalue weighted by Crippen LogP contribution is -2.49. The zero-order chi connectivity index (χ0) is 25.2. The Balaban J connectivity index is 1.23. The Morgan fingerprint density at radius 2 is 2.06 bits per heavy atom. The molecule has 4 aromatic rings. The van der Waals surface area contributed by atoms with E-state index in [1.165, 1.54) is 28.5 Å². The van der Waals surface area contributed by atoms with Gasteiger partial charge in [0.1, 0.15) is 35.7 Å². The third kappa shape index (κ3) is 3.71. The number of fused-ring (bicyclic) bond motifs is 2. The topological polar surface area (TPSA) is 96.2 Å². The molecule has 1 aliphatic carbocycles. The second-order valence-electron chi connectivity index (χ2n) is 8.97. The molecule has 8 nitrogen and oxygen atoms in total. The monoisotopic (exact) mass is 510 g/mol. The minimum atomic E-state index is -0.976. The van der Waals surface area contributed by atoms with Crippen molar-refractivity contribution in [3.05, 3.63) is 70.9 Å². The first kappa shape index (κ1) is 22.6. The summed E-state index contributed by atoms with van der Waals surface area (Å²) >= 11 is 1.20. The first-order chi connectivity index (χ1) is 17.2. The molecular formula is C25H20F2N4O4S. The fraction of sp³-hybridized carbons (Fsp3) is 0.240. The SMILES string of the molecule is CN1C(=O)[C@@H](NC(=O)c2cn3c(-c4ccc(F)cc4F)csc3n2)COc2cc(C3(O)CC3)ccc21. The molecule has 1 fully saturated rings. The van der Waals surface area contributed by atoms with Gasteiger partial charge in [-0.2, -0.15) is 0 Å². The minimum Gasteiger partial charge on any atom is -0.489 e. The smallest absolute Gasteiger partial charge is 0.272 e. The number of carbonyl (C=O) groups is 2. The maximum Gasteiger partial charge on any atom is 0.272 e. The number of ether oxygens (including phenoxy) is 1. The minimum absolute atomic E-state index is 0.0427. The van der Waals surface area contributed by atoms with Crippen LogP contribution in [-0.2, 0) is 10.4 Å². The molecular weight excluding hydrogens is 490 g/mol. The molecule has 2 aromatic heterocycles. The Labute approximate surface area is 207 Å². The normalized spacial score (nSPS) is 18.5. The number of imidazole rings is 1. The van der Waals surface area contributed by atoms with Crippen LogP contribution in [0.1, 0.15) is 28.9 Å². The van der Waals surface area contributed by atoms with Crippen molar-refractivity contribution in [2.45, 2.75) is 24.5 Å². The van der Waals surface area contributed by atoms with E-state index in [-0.39, 0.29) is 23.8 Å². The molecule has 1 atom stereocenters. The average molecular weight is 511 g/mol. The first-order valence-electron chi connectivity index (χ1n) is 11.2. The molecule has 0 unspecified atom stereocenters. The van der Waals surface area contributed by atoms with Crippen molar-refractivity contribution in [3.63, 3.8) is 0 Å². The van der Waals surface area contributed by atoms with Crippen LogP contribution >= 0.6 is 11.3 Å². The lowest BCUT2D eigenvalue weighted by Gasteiger charge is -2.20. The predicted molar refractivity (Wildman–Crippen MR) is 128 cm³/mol. The maximum atomic E-state index is 14.3. The van der Waals surface area contributed by atoms with E-state index in [0.717, 1.165) is 17.7 Å². The predicted octanol–water partition coefficient (Wildman–Crippen LogP) is 3.48. The lowest BCUT2D eigenvalue weighted by atomic mass is 10.1. The third-order valence-corrected chi connectivity index (χ3v) is 7.41. The molecule has 11 heteroatoms. The summed E-state index contributed by atoms with van der Waals surface area (Å²) in [6.07, 6.45) is 2.80. The van der Waals surface area contributed by atoms with Crippen molar-refractivity contribution < 1.29 is 28.2 Å². The van der Waals surface area contributed by atoms with Crippen LogP contribution in [-0.4, -0.2) is 46.0 Å². The molecule has 3 heterocycles. The van der Waals surface area contributed by atoms with Gasteiger partial charge in [0.2, 0.25) is 0 Å². The van der Waals surface area contributed by atoms with Gasteiger partial charge in [0, 0.05) is 30.3 Å². The largest absolute Gasteiger partial charge is 0.489 e. The van der Waals surface area contributed by atoms with Crippen molar-refractivity contribution in [2.75, 3.05) is 18.6 Å². The fourth-order valence-electron chi connectivity index (χ4n) is 4.32. The average Bonchev–Trinajstić information content (AvgIpc) is 3.32. The van der Waals surface area contributed by atoms with Gasteiger partial charge in [-0.1, -0.05) is 6.07 Å². The summed E-state index contributed by atoms with van der Waals surface area (Å²) in [7, 11) is 1.59. The molecule has 0 bridgehead atoms. The van der Waals surface area contributed by atoms with Crippen molar-refractivity contribution in [3.8, 4) is 17.0 Å². The molecule has 0 spiro atoms. The van der Waals surface area contributed by atoms with Gasteiger partial charge in [0.05, 0.1) is 17.0 Å². The fourth-order valence-corrected chi connectivity index (χ4v) is 5.19. The molecule has 0 saturated heterocycles. The van der Waals surface area contributed by atoms with Gasteiger partial charge in [-0.3, -0.25) is 14.0 Å². The number of thiazole rings is 1. The molecule has 184 valence electrons. The molecule has 1 aliphatic heterocycles. The number of halogens is 2. The number of rotatable bonds is 4. The molecule has 2 N–H and O–H groups in total. The molecule has 1 saturated carbocycles. The van der Waals surface area contributed by atoms with E-state index in [0.29, 0.717) is 34.9 Å². The summed E-state index contributed by atoms with van der Waals surface area (Å²) in [5, 5.41) is 14.8. The van der Waals surface area contributed by atoms with Crippen LogP contribution in [0.3, 0.4) is 0 Å². The van der Waals surface area contributed by atoms with Crippen LogP contribution in [0.4, 0.5) is 14.5 Å². The number of carbonyl (C=O) groups excluding carboxylic acids is 2. The Hall–Kier alpha value is -3.83. The number of benzene rings is 2. The van der Waals surface area contributed by atoms with Gasteiger partial charge in [-0.25, -0.2) is 13.8 Å². The molecule has 2 aliphatic rings. The van der Waals surface area contributed by atoms with E-state index in [1.54, 1.807) is 35.0 Å². The maximum absolute atomic E-state index is 14.3. The summed E-state index contributed by atoms with van der Waals surface area (Å²) in [4.78, 5) is 32.2. The Morgan fingerprint density at radius 3 is 2.81 bits per heavy atom. The quantitative estimate of drug-likeness (QED) is 0.438. The highest BCUT2D eigenvalue weighted by atomic mass is 32.1. The third-order valence-electron chi connectivity index (χ3n) is 6.57. The van der Waals surface area contributed by atoms with Gasteiger partial charge >= 0.3 is 0 Å². The number of nitrogens with zero attached hydrogens (tertiary/aromatic N) is 3. The molecule has 0 radical (unpaired) electrons. The van der Waals surface area contributed by atoms with E-state index in [4.69, 9.17) is 4.74 Å². The van der Waals surface area contributed by atoms with Gasteiger partial charge in [0.25, 0.3) is 11.8 Å². The highest BCUT2D eigenvalue weighted by Gasteiger charge is 2.43. The molecule has 2 aromatic carbocycles. The van der Waals surface area contributed by atoms with Crippen LogP contribution in [0.15, 0.2) is 48.0 Å². The number of anilines is 1. The molecule has 2 amide bonds. The van der Waals surface area contributed by atoms with Crippen molar-refractivity contribution in [1.82, 2.24) is 14.7 Å². The summed E-state index contributed by atoms with van der Waals surface area (Å²) in [6, 6.07) is 7.54. The second kappa shape index (κ2) is 8.10. The van der Waals surface area contributed by atoms with Crippen molar-refractivity contribution in [1.29, 1.82) is 0 Å². The number of aliphatic hydroxyl groups is 1. The van der Waals surface area contributed by atoms with Crippen LogP contribution in [0.5, 0.6) is 5.75 Å². The number of amides is 2. The second-order valence-corrected chi connectivity index (χ2v) is 9.81. The molecule has 6 rings (SSSR count). The number of likely N-dealkylation sites (N-methyl/N-ethyl adjacent to an activating group) is 1. The summed E-state index contributed by atoms with van der Waals surface area (Å²) in [6.45, 7) is -0.0992. The van der Waals surface area contributed by atoms with Gasteiger partial charge < -0.3 is 20.1 Å². The van der Waals surface area contributed by atoms with Crippen LogP contribution in [0.2, 0.25) is 0 Å². The van der Waals surface area contributed by atoms with Crippen molar-refractivity contribution in [2.24, 2.45) is 0 Å². The highest BCUT2D eigenvalue weighted by Crippen LogP contribution is 2.47. The lowest BCUT2D eigenvalue weighted by molar-refractivity contribution is -0.120. The van der Waals surface area contributed by atoms with Gasteiger partial charge in [0.15, 0.2) is 4.96 Å². The van der Waals surface area contributed by atoms with Crippen LogP contribution < -0.4 is 15.0 Å². The van der Waals surface area contributed by atoms with Crippen molar-refractivity contribution >= 4 is 33.8 Å². The summed E-state index contributed by atoms with van der Waals surface area (Å²) < 4.78 is 35.1. The zero-order valence-electron chi connectivity index (χ0n) is 19.0. The van der Waals surface area contributed by atoms with E-state index in [1.807, 2.05) is 0 Å². The van der Waals surface area contributed by atoms with Crippen LogP contribution in [0.25, 0.3) is 16.2 Å². The number of aromatic nitrogens is 2. The van der Waals surface area contributed by atoms with Crippen LogP contribution in [0, 0.1) is 11.6 Å². The van der Waals surface area contributed by atoms with E-state index in [2.05, 4.69) is 10.3 Å².